The Morgan fingerprint density at radius 1 is 1.29 bits per heavy atom. The second-order valence-corrected chi connectivity index (χ2v) is 5.24. The minimum absolute atomic E-state index is 0.143. The van der Waals surface area contributed by atoms with E-state index in [0.717, 1.165) is 36.1 Å². The number of ether oxygens (including phenoxy) is 1. The van der Waals surface area contributed by atoms with Gasteiger partial charge in [0.25, 0.3) is 0 Å². The van der Waals surface area contributed by atoms with Crippen LogP contribution in [0.2, 0.25) is 0 Å². The van der Waals surface area contributed by atoms with Gasteiger partial charge in [-0.05, 0) is 33.4 Å². The van der Waals surface area contributed by atoms with E-state index in [9.17, 15) is 0 Å². The van der Waals surface area contributed by atoms with Gasteiger partial charge in [-0.2, -0.15) is 5.10 Å². The molecule has 0 saturated carbocycles. The number of nitrogens with one attached hydrogen (secondary N) is 1. The lowest BCUT2D eigenvalue weighted by Crippen LogP contribution is -2.27. The zero-order valence-electron chi connectivity index (χ0n) is 13.5. The van der Waals surface area contributed by atoms with Gasteiger partial charge in [-0.15, -0.1) is 0 Å². The molecule has 114 valence electrons. The van der Waals surface area contributed by atoms with Crippen LogP contribution in [-0.2, 0) is 6.54 Å². The Kier molecular flexibility index (Phi) is 4.96. The zero-order chi connectivity index (χ0) is 15.4. The second-order valence-electron chi connectivity index (χ2n) is 5.24. The Bertz CT molecular complexity index is 606. The number of aryl methyl sites for hydroxylation is 3. The van der Waals surface area contributed by atoms with Crippen LogP contribution in [0.5, 0.6) is 5.75 Å². The quantitative estimate of drug-likeness (QED) is 0.887. The summed E-state index contributed by atoms with van der Waals surface area (Å²) < 4.78 is 7.46. The maximum atomic E-state index is 5.52. The topological polar surface area (TPSA) is 52.0 Å². The average molecular weight is 288 g/mol. The fourth-order valence-corrected chi connectivity index (χ4v) is 2.55. The summed E-state index contributed by atoms with van der Waals surface area (Å²) in [6, 6.07) is 6.40. The Labute approximate surface area is 126 Å². The zero-order valence-corrected chi connectivity index (χ0v) is 13.5. The van der Waals surface area contributed by atoms with E-state index in [2.05, 4.69) is 41.4 Å². The summed E-state index contributed by atoms with van der Waals surface area (Å²) in [4.78, 5) is 4.37. The minimum atomic E-state index is 0.143. The molecule has 0 aliphatic rings. The molecule has 1 unspecified atom stereocenters. The van der Waals surface area contributed by atoms with Crippen molar-refractivity contribution >= 4 is 0 Å². The van der Waals surface area contributed by atoms with Gasteiger partial charge in [0.1, 0.15) is 17.4 Å². The third-order valence-corrected chi connectivity index (χ3v) is 3.53. The molecular formula is C16H24N4O. The van der Waals surface area contributed by atoms with E-state index < -0.39 is 0 Å². The Morgan fingerprint density at radius 2 is 2.05 bits per heavy atom. The van der Waals surface area contributed by atoms with Crippen LogP contribution in [0.1, 0.15) is 35.7 Å². The van der Waals surface area contributed by atoms with Crippen LogP contribution in [0.15, 0.2) is 18.2 Å². The number of methoxy groups -OCH3 is 1. The number of hydrogen-bond acceptors (Lipinski definition) is 4. The number of benzene rings is 1. The summed E-state index contributed by atoms with van der Waals surface area (Å²) in [6.45, 7) is 9.72. The number of nitrogens with zero attached hydrogens (tertiary/aromatic N) is 3. The molecule has 21 heavy (non-hydrogen) atoms. The van der Waals surface area contributed by atoms with E-state index in [1.807, 2.05) is 24.6 Å². The first-order valence-electron chi connectivity index (χ1n) is 7.31. The van der Waals surface area contributed by atoms with Gasteiger partial charge in [0.15, 0.2) is 0 Å². The molecule has 0 bridgehead atoms. The highest BCUT2D eigenvalue weighted by atomic mass is 16.5. The Hall–Kier alpha value is -1.88. The smallest absolute Gasteiger partial charge is 0.147 e. The Morgan fingerprint density at radius 3 is 2.62 bits per heavy atom. The lowest BCUT2D eigenvalue weighted by atomic mass is 10.0. The molecule has 0 fully saturated rings. The summed E-state index contributed by atoms with van der Waals surface area (Å²) in [5.74, 6) is 2.64. The highest BCUT2D eigenvalue weighted by Gasteiger charge is 2.18. The minimum Gasteiger partial charge on any atom is -0.496 e. The van der Waals surface area contributed by atoms with E-state index in [1.54, 1.807) is 7.11 Å². The average Bonchev–Trinajstić information content (AvgIpc) is 2.76. The van der Waals surface area contributed by atoms with Gasteiger partial charge in [-0.1, -0.05) is 24.6 Å². The summed E-state index contributed by atoms with van der Waals surface area (Å²) in [5, 5.41) is 7.98. The van der Waals surface area contributed by atoms with E-state index in [4.69, 9.17) is 4.74 Å². The maximum absolute atomic E-state index is 5.52. The van der Waals surface area contributed by atoms with Crippen LogP contribution in [-0.4, -0.2) is 28.4 Å². The number of likely N-dealkylation sites (N-methyl/N-ethyl adjacent to an activating group) is 1. The molecule has 0 aliphatic carbocycles. The van der Waals surface area contributed by atoms with Crippen LogP contribution in [0.4, 0.5) is 0 Å². The van der Waals surface area contributed by atoms with Gasteiger partial charge in [0.05, 0.1) is 19.7 Å². The standard InChI is InChI=1S/C16H24N4O/c1-6-17-15(10-20-13(4)18-12(3)19-20)14-9-11(2)7-8-16(14)21-5/h7-9,15,17H,6,10H2,1-5H3. The van der Waals surface area contributed by atoms with Crippen molar-refractivity contribution in [2.24, 2.45) is 0 Å². The molecule has 2 rings (SSSR count). The van der Waals surface area contributed by atoms with Gasteiger partial charge in [-0.25, -0.2) is 9.67 Å². The largest absolute Gasteiger partial charge is 0.496 e. The first-order valence-corrected chi connectivity index (χ1v) is 7.31. The summed E-state index contributed by atoms with van der Waals surface area (Å²) in [6.07, 6.45) is 0. The molecule has 1 aromatic carbocycles. The van der Waals surface area contributed by atoms with Crippen LogP contribution >= 0.6 is 0 Å². The van der Waals surface area contributed by atoms with E-state index >= 15 is 0 Å². The molecule has 5 nitrogen and oxygen atoms in total. The Balaban J connectivity index is 2.34. The lowest BCUT2D eigenvalue weighted by molar-refractivity contribution is 0.384. The van der Waals surface area contributed by atoms with Crippen LogP contribution in [0.3, 0.4) is 0 Å². The molecule has 0 saturated heterocycles. The molecule has 0 radical (unpaired) electrons. The van der Waals surface area contributed by atoms with Crippen LogP contribution in [0, 0.1) is 20.8 Å². The lowest BCUT2D eigenvalue weighted by Gasteiger charge is -2.21. The van der Waals surface area contributed by atoms with Gasteiger partial charge in [-0.3, -0.25) is 0 Å². The SMILES string of the molecule is CCNC(Cn1nc(C)nc1C)c1cc(C)ccc1OC. The van der Waals surface area contributed by atoms with Crippen molar-refractivity contribution in [3.63, 3.8) is 0 Å². The number of aromatic nitrogens is 3. The monoisotopic (exact) mass is 288 g/mol. The van der Waals surface area contributed by atoms with Crippen LogP contribution in [0.25, 0.3) is 0 Å². The van der Waals surface area contributed by atoms with Crippen molar-refractivity contribution < 1.29 is 4.74 Å². The van der Waals surface area contributed by atoms with E-state index in [-0.39, 0.29) is 6.04 Å². The number of rotatable bonds is 6. The van der Waals surface area contributed by atoms with Crippen molar-refractivity contribution in [2.45, 2.75) is 40.3 Å². The van der Waals surface area contributed by atoms with Crippen molar-refractivity contribution in [1.82, 2.24) is 20.1 Å². The first-order chi connectivity index (χ1) is 10.0. The van der Waals surface area contributed by atoms with Crippen molar-refractivity contribution in [1.29, 1.82) is 0 Å². The summed E-state index contributed by atoms with van der Waals surface area (Å²) in [5.41, 5.74) is 2.38. The molecule has 1 heterocycles. The molecule has 2 aromatic rings. The highest BCUT2D eigenvalue weighted by Crippen LogP contribution is 2.27. The van der Waals surface area contributed by atoms with Gasteiger partial charge in [0, 0.05) is 5.56 Å². The normalized spacial score (nSPS) is 12.4. The molecule has 0 amide bonds. The number of hydrogen-bond donors (Lipinski definition) is 1. The molecule has 0 spiro atoms. The van der Waals surface area contributed by atoms with E-state index in [1.165, 1.54) is 5.56 Å². The molecule has 1 atom stereocenters. The fourth-order valence-electron chi connectivity index (χ4n) is 2.55. The highest BCUT2D eigenvalue weighted by molar-refractivity contribution is 5.39. The van der Waals surface area contributed by atoms with Gasteiger partial charge < -0.3 is 10.1 Å². The third-order valence-electron chi connectivity index (χ3n) is 3.53. The summed E-state index contributed by atoms with van der Waals surface area (Å²) in [7, 11) is 1.71. The van der Waals surface area contributed by atoms with Crippen molar-refractivity contribution in [2.75, 3.05) is 13.7 Å². The maximum Gasteiger partial charge on any atom is 0.147 e. The summed E-state index contributed by atoms with van der Waals surface area (Å²) >= 11 is 0. The molecule has 1 N–H and O–H groups in total. The molecule has 0 aliphatic heterocycles. The predicted molar refractivity (Wildman–Crippen MR) is 83.6 cm³/mol. The molecular weight excluding hydrogens is 264 g/mol. The van der Waals surface area contributed by atoms with Crippen molar-refractivity contribution in [3.05, 3.63) is 41.0 Å². The third kappa shape index (κ3) is 3.61. The molecule has 1 aromatic heterocycles. The first kappa shape index (κ1) is 15.5. The van der Waals surface area contributed by atoms with Crippen molar-refractivity contribution in [3.8, 4) is 5.75 Å². The molecule has 5 heteroatoms. The fraction of sp³-hybridized carbons (Fsp3) is 0.500. The van der Waals surface area contributed by atoms with Gasteiger partial charge in [0.2, 0.25) is 0 Å². The van der Waals surface area contributed by atoms with Crippen LogP contribution < -0.4 is 10.1 Å². The van der Waals surface area contributed by atoms with E-state index in [0.29, 0.717) is 0 Å². The van der Waals surface area contributed by atoms with Gasteiger partial charge >= 0.3 is 0 Å². The second kappa shape index (κ2) is 6.72. The predicted octanol–water partition coefficient (Wildman–Crippen LogP) is 2.56.